The first kappa shape index (κ1) is 21.7. The largest absolute Gasteiger partial charge is 0.284 e. The van der Waals surface area contributed by atoms with Crippen molar-refractivity contribution in [2.75, 3.05) is 11.0 Å². The summed E-state index contributed by atoms with van der Waals surface area (Å²) in [7, 11) is -3.47. The van der Waals surface area contributed by atoms with Crippen LogP contribution in [0.2, 0.25) is 5.02 Å². The van der Waals surface area contributed by atoms with Crippen molar-refractivity contribution in [1.29, 1.82) is 0 Å². The van der Waals surface area contributed by atoms with Crippen molar-refractivity contribution in [1.82, 2.24) is 29.5 Å². The number of nitrogens with one attached hydrogen (secondary N) is 1. The molecule has 34 heavy (non-hydrogen) atoms. The van der Waals surface area contributed by atoms with E-state index in [1.165, 1.54) is 21.6 Å². The van der Waals surface area contributed by atoms with Gasteiger partial charge in [0.25, 0.3) is 5.56 Å². The summed E-state index contributed by atoms with van der Waals surface area (Å²) >= 11 is 6.03. The molecule has 0 amide bonds. The summed E-state index contributed by atoms with van der Waals surface area (Å²) in [5.74, 6) is 0.264. The Morgan fingerprint density at radius 3 is 2.50 bits per heavy atom. The monoisotopic (exact) mass is 493 g/mol. The van der Waals surface area contributed by atoms with Crippen LogP contribution < -0.4 is 10.3 Å². The van der Waals surface area contributed by atoms with E-state index in [2.05, 4.69) is 20.0 Å². The van der Waals surface area contributed by atoms with E-state index >= 15 is 0 Å². The minimum absolute atomic E-state index is 0.264. The number of nitrogens with zero attached hydrogens (tertiary/aromatic N) is 6. The lowest BCUT2D eigenvalue weighted by molar-refractivity contribution is 0.607. The Kier molecular flexibility index (Phi) is 5.34. The predicted molar refractivity (Wildman–Crippen MR) is 129 cm³/mol. The van der Waals surface area contributed by atoms with Gasteiger partial charge in [0.15, 0.2) is 11.5 Å². The molecule has 5 rings (SSSR count). The van der Waals surface area contributed by atoms with Gasteiger partial charge in [-0.15, -0.1) is 5.10 Å². The van der Waals surface area contributed by atoms with Gasteiger partial charge in [0, 0.05) is 11.2 Å². The number of hydrogen-bond acceptors (Lipinski definition) is 7. The highest BCUT2D eigenvalue weighted by Gasteiger charge is 2.19. The zero-order valence-corrected chi connectivity index (χ0v) is 19.2. The molecule has 10 nitrogen and oxygen atoms in total. The molecule has 0 radical (unpaired) electrons. The number of hydrogen-bond donors (Lipinski definition) is 1. The first-order valence-electron chi connectivity index (χ1n) is 9.93. The van der Waals surface area contributed by atoms with Crippen molar-refractivity contribution in [3.05, 3.63) is 88.4 Å². The molecule has 1 N–H and O–H groups in total. The fourth-order valence-corrected chi connectivity index (χ4v) is 4.17. The maximum Gasteiger partial charge on any atom is 0.269 e. The highest BCUT2D eigenvalue weighted by Crippen LogP contribution is 2.24. The molecule has 0 aliphatic rings. The summed E-state index contributed by atoms with van der Waals surface area (Å²) in [6.07, 6.45) is 4.02. The smallest absolute Gasteiger partial charge is 0.269 e. The topological polar surface area (TPSA) is 125 Å². The lowest BCUT2D eigenvalue weighted by Crippen LogP contribution is -2.22. The van der Waals surface area contributed by atoms with Crippen LogP contribution in [0.3, 0.4) is 0 Å². The Hall–Kier alpha value is -4.09. The molecule has 0 atom stereocenters. The van der Waals surface area contributed by atoms with Gasteiger partial charge in [0.1, 0.15) is 11.1 Å². The predicted octanol–water partition coefficient (Wildman–Crippen LogP) is 3.05. The van der Waals surface area contributed by atoms with E-state index in [1.807, 2.05) is 0 Å². The molecule has 0 bridgehead atoms. The molecule has 5 aromatic rings. The summed E-state index contributed by atoms with van der Waals surface area (Å²) in [5.41, 5.74) is 1.74. The average Bonchev–Trinajstić information content (AvgIpc) is 3.24. The van der Waals surface area contributed by atoms with Crippen LogP contribution in [-0.4, -0.2) is 44.2 Å². The number of rotatable bonds is 5. The third kappa shape index (κ3) is 4.14. The summed E-state index contributed by atoms with van der Waals surface area (Å²) in [6, 6.07) is 16.8. The molecule has 0 fully saturated rings. The van der Waals surface area contributed by atoms with Crippen molar-refractivity contribution in [2.45, 2.75) is 0 Å². The second kappa shape index (κ2) is 8.36. The van der Waals surface area contributed by atoms with Crippen LogP contribution in [-0.2, 0) is 10.0 Å². The molecule has 0 saturated heterocycles. The quantitative estimate of drug-likeness (QED) is 0.399. The molecule has 0 saturated carbocycles. The van der Waals surface area contributed by atoms with Gasteiger partial charge in [0.05, 0.1) is 29.5 Å². The number of sulfonamides is 1. The number of halogens is 1. The summed E-state index contributed by atoms with van der Waals surface area (Å²) < 4.78 is 28.6. The molecule has 2 aromatic carbocycles. The zero-order chi connectivity index (χ0) is 23.9. The molecule has 3 aromatic heterocycles. The van der Waals surface area contributed by atoms with Crippen molar-refractivity contribution < 1.29 is 8.42 Å². The van der Waals surface area contributed by atoms with Gasteiger partial charge < -0.3 is 0 Å². The van der Waals surface area contributed by atoms with Gasteiger partial charge in [-0.1, -0.05) is 17.7 Å². The molecule has 3 heterocycles. The molecular weight excluding hydrogens is 478 g/mol. The molecular formula is C22H16ClN7O3S. The SMILES string of the molecule is CS(=O)(=O)Nc1cccc(-n2ncc3c(=O)n(-c4ccc(Cl)cc4)c(-c4cccnn4)nc32)c1. The molecule has 0 aliphatic carbocycles. The van der Waals surface area contributed by atoms with Crippen molar-refractivity contribution >= 4 is 38.3 Å². The van der Waals surface area contributed by atoms with E-state index in [4.69, 9.17) is 16.6 Å². The van der Waals surface area contributed by atoms with E-state index in [1.54, 1.807) is 60.7 Å². The van der Waals surface area contributed by atoms with Crippen LogP contribution in [0, 0.1) is 0 Å². The second-order valence-corrected chi connectivity index (χ2v) is 9.56. The lowest BCUT2D eigenvalue weighted by atomic mass is 10.2. The normalized spacial score (nSPS) is 11.6. The average molecular weight is 494 g/mol. The van der Waals surface area contributed by atoms with E-state index < -0.39 is 10.0 Å². The minimum atomic E-state index is -3.47. The van der Waals surface area contributed by atoms with Crippen LogP contribution in [0.5, 0.6) is 0 Å². The fraction of sp³-hybridized carbons (Fsp3) is 0.0455. The van der Waals surface area contributed by atoms with Gasteiger partial charge in [-0.05, 0) is 54.6 Å². The van der Waals surface area contributed by atoms with E-state index in [0.29, 0.717) is 27.8 Å². The third-order valence-electron chi connectivity index (χ3n) is 4.88. The third-order valence-corrected chi connectivity index (χ3v) is 5.74. The zero-order valence-electron chi connectivity index (χ0n) is 17.6. The Morgan fingerprint density at radius 2 is 1.79 bits per heavy atom. The van der Waals surface area contributed by atoms with Gasteiger partial charge in [-0.25, -0.2) is 18.1 Å². The molecule has 0 aliphatic heterocycles. The van der Waals surface area contributed by atoms with Crippen LogP contribution in [0.25, 0.3) is 33.9 Å². The highest BCUT2D eigenvalue weighted by atomic mass is 35.5. The van der Waals surface area contributed by atoms with E-state index in [0.717, 1.165) is 6.26 Å². The van der Waals surface area contributed by atoms with E-state index in [-0.39, 0.29) is 22.4 Å². The number of anilines is 1. The number of benzene rings is 2. The number of fused-ring (bicyclic) bond motifs is 1. The first-order valence-corrected chi connectivity index (χ1v) is 12.2. The first-order chi connectivity index (χ1) is 16.3. The highest BCUT2D eigenvalue weighted by molar-refractivity contribution is 7.92. The molecule has 12 heteroatoms. The standard InChI is InChI=1S/C22H16ClN7O3S/c1-34(32,33)28-15-4-2-5-17(12-15)30-20-18(13-25-30)22(31)29(16-9-7-14(23)8-10-16)21(26-20)19-6-3-11-24-27-19/h2-13,28H,1H3. The summed E-state index contributed by atoms with van der Waals surface area (Å²) in [6.45, 7) is 0. The Labute approximate surface area is 198 Å². The Morgan fingerprint density at radius 1 is 1.00 bits per heavy atom. The van der Waals surface area contributed by atoms with Gasteiger partial charge >= 0.3 is 0 Å². The molecule has 170 valence electrons. The molecule has 0 spiro atoms. The maximum atomic E-state index is 13.6. The van der Waals surface area contributed by atoms with Crippen LogP contribution in [0.1, 0.15) is 0 Å². The number of aromatic nitrogens is 6. The molecule has 0 unspecified atom stereocenters. The van der Waals surface area contributed by atoms with Crippen LogP contribution in [0.15, 0.2) is 77.9 Å². The van der Waals surface area contributed by atoms with Gasteiger partial charge in [-0.3, -0.25) is 14.1 Å². The Bertz CT molecular complexity index is 1680. The fourth-order valence-electron chi connectivity index (χ4n) is 3.49. The summed E-state index contributed by atoms with van der Waals surface area (Å²) in [5, 5.41) is 13.2. The van der Waals surface area contributed by atoms with Crippen LogP contribution in [0.4, 0.5) is 5.69 Å². The van der Waals surface area contributed by atoms with Gasteiger partial charge in [0.2, 0.25) is 10.0 Å². The summed E-state index contributed by atoms with van der Waals surface area (Å²) in [4.78, 5) is 18.3. The lowest BCUT2D eigenvalue weighted by Gasteiger charge is -2.13. The minimum Gasteiger partial charge on any atom is -0.284 e. The Balaban J connectivity index is 1.76. The second-order valence-electron chi connectivity index (χ2n) is 7.38. The van der Waals surface area contributed by atoms with Crippen molar-refractivity contribution in [3.63, 3.8) is 0 Å². The van der Waals surface area contributed by atoms with Crippen molar-refractivity contribution in [3.8, 4) is 22.9 Å². The maximum absolute atomic E-state index is 13.6. The van der Waals surface area contributed by atoms with Crippen molar-refractivity contribution in [2.24, 2.45) is 0 Å². The van der Waals surface area contributed by atoms with Crippen LogP contribution >= 0.6 is 11.6 Å². The van der Waals surface area contributed by atoms with E-state index in [9.17, 15) is 13.2 Å². The van der Waals surface area contributed by atoms with Gasteiger partial charge in [-0.2, -0.15) is 10.2 Å².